The van der Waals surface area contributed by atoms with Crippen molar-refractivity contribution in [3.8, 4) is 0 Å². The summed E-state index contributed by atoms with van der Waals surface area (Å²) in [6, 6.07) is 0. The summed E-state index contributed by atoms with van der Waals surface area (Å²) in [5, 5.41) is 0. The molecule has 5 heteroatoms. The SMILES string of the molecule is N=IN[I]P. The Morgan fingerprint density at radius 2 is 2.40 bits per heavy atom. The first-order valence-electron chi connectivity index (χ1n) is 0.785. The van der Waals surface area contributed by atoms with Gasteiger partial charge in [-0.05, 0) is 20.9 Å². The van der Waals surface area contributed by atoms with E-state index in [-0.39, 0.29) is 42.2 Å². The zero-order valence-electron chi connectivity index (χ0n) is 2.33. The molecule has 2 nitrogen and oxygen atoms in total. The van der Waals surface area contributed by atoms with Gasteiger partial charge in [0.2, 0.25) is 0 Å². The topological polar surface area (TPSA) is 35.9 Å². The standard InChI is InChI=1S/H4I2N2P/c3-1-4-2-5/h5H2,(H2,3,4). The molecular weight excluding hydrogens is 313 g/mol. The lowest BCUT2D eigenvalue weighted by Crippen LogP contribution is -1.63. The summed E-state index contributed by atoms with van der Waals surface area (Å²) in [7, 11) is 0. The van der Waals surface area contributed by atoms with Crippen LogP contribution in [0.2, 0.25) is 0 Å². The maximum atomic E-state index is 6.62. The lowest BCUT2D eigenvalue weighted by molar-refractivity contribution is 1.71. The number of rotatable bonds is 2. The van der Waals surface area contributed by atoms with Crippen molar-refractivity contribution in [2.75, 3.05) is 0 Å². The maximum Gasteiger partial charge on any atom is 0.0845 e. The van der Waals surface area contributed by atoms with Crippen molar-refractivity contribution in [3.05, 3.63) is 0 Å². The van der Waals surface area contributed by atoms with E-state index in [0.717, 1.165) is 0 Å². The van der Waals surface area contributed by atoms with Crippen LogP contribution < -0.4 is 1.74 Å². The fourth-order valence-electron chi connectivity index (χ4n) is 0.0206. The van der Waals surface area contributed by atoms with Gasteiger partial charge in [-0.1, -0.05) is 6.88 Å². The summed E-state index contributed by atoms with van der Waals surface area (Å²) < 4.78 is 9.58. The number of hydrogen-bond donors (Lipinski definition) is 2. The fraction of sp³-hybridized carbons (Fsp3) is 0. The highest BCUT2D eigenvalue weighted by Crippen LogP contribution is 2.17. The molecule has 1 radical (unpaired) electrons. The number of halogens is 2. The first kappa shape index (κ1) is 6.65. The molecule has 0 rings (SSSR count). The van der Waals surface area contributed by atoms with Gasteiger partial charge in [0.25, 0.3) is 0 Å². The molecule has 1 atom stereocenters. The third-order valence-corrected chi connectivity index (χ3v) is 7.17. The highest BCUT2D eigenvalue weighted by Gasteiger charge is 1.59. The Balaban J connectivity index is 2.40. The van der Waals surface area contributed by atoms with Crippen LogP contribution in [0.4, 0.5) is 0 Å². The molecule has 2 N–H and O–H groups in total. The molecule has 33 valence electrons. The monoisotopic (exact) mass is 317 g/mol. The first-order valence-corrected chi connectivity index (χ1v) is 8.19. The van der Waals surface area contributed by atoms with E-state index in [1.165, 1.54) is 0 Å². The summed E-state index contributed by atoms with van der Waals surface area (Å²) >= 11 is -0.229. The van der Waals surface area contributed by atoms with Crippen LogP contribution >= 0.6 is 49.1 Å². The minimum atomic E-state index is -0.365. The van der Waals surface area contributed by atoms with E-state index in [9.17, 15) is 0 Å². The Bertz CT molecular complexity index is 28.8. The normalized spacial score (nSPS) is 8.20. The zero-order valence-corrected chi connectivity index (χ0v) is 7.80. The molecule has 1 unspecified atom stereocenters. The molecule has 0 heterocycles. The van der Waals surface area contributed by atoms with E-state index in [1.807, 2.05) is 0 Å². The van der Waals surface area contributed by atoms with E-state index >= 15 is 0 Å². The molecular formula is H4I2N2P. The van der Waals surface area contributed by atoms with Crippen molar-refractivity contribution >= 4 is 49.1 Å². The summed E-state index contributed by atoms with van der Waals surface area (Å²) in [5.74, 6) is 0. The van der Waals surface area contributed by atoms with E-state index in [4.69, 9.17) is 3.56 Å². The van der Waals surface area contributed by atoms with Gasteiger partial charge >= 0.3 is 0 Å². The number of nitrogens with one attached hydrogen (secondary N) is 2. The van der Waals surface area contributed by atoms with E-state index in [2.05, 4.69) is 8.63 Å². The second-order valence-corrected chi connectivity index (χ2v) is 6.04. The van der Waals surface area contributed by atoms with Gasteiger partial charge in [-0.3, -0.25) is 3.56 Å². The van der Waals surface area contributed by atoms with E-state index in [1.54, 1.807) is 0 Å². The maximum absolute atomic E-state index is 6.62. The Morgan fingerprint density at radius 3 is 2.40 bits per heavy atom. The molecule has 0 saturated heterocycles. The first-order chi connectivity index (χ1) is 2.41. The highest BCUT2D eigenvalue weighted by molar-refractivity contribution is 14.3. The van der Waals surface area contributed by atoms with Crippen LogP contribution in [0.5, 0.6) is 0 Å². The van der Waals surface area contributed by atoms with Crippen LogP contribution in [0.1, 0.15) is 0 Å². The van der Waals surface area contributed by atoms with Crippen molar-refractivity contribution in [1.82, 2.24) is 1.74 Å². The van der Waals surface area contributed by atoms with Crippen molar-refractivity contribution in [2.24, 2.45) is 0 Å². The van der Waals surface area contributed by atoms with Gasteiger partial charge < -0.3 is 0 Å². The third kappa shape index (κ3) is 5.65. The van der Waals surface area contributed by atoms with Gasteiger partial charge in [-0.2, -0.15) is 1.74 Å². The molecule has 0 aliphatic rings. The summed E-state index contributed by atoms with van der Waals surface area (Å²) in [6.45, 7) is 2.61. The van der Waals surface area contributed by atoms with Gasteiger partial charge in [0.1, 0.15) is 0 Å². The van der Waals surface area contributed by atoms with Crippen LogP contribution in [0.15, 0.2) is 0 Å². The highest BCUT2D eigenvalue weighted by atomic mass is 127. The summed E-state index contributed by atoms with van der Waals surface area (Å²) in [6.07, 6.45) is 0. The van der Waals surface area contributed by atoms with Crippen LogP contribution in [0.3, 0.4) is 0 Å². The fourth-order valence-corrected chi connectivity index (χ4v) is 2.78. The van der Waals surface area contributed by atoms with Gasteiger partial charge in [-0.25, -0.2) is 0 Å². The van der Waals surface area contributed by atoms with Crippen molar-refractivity contribution in [3.63, 3.8) is 0 Å². The van der Waals surface area contributed by atoms with Crippen LogP contribution in [0.25, 0.3) is 0 Å². The molecule has 0 fully saturated rings. The lowest BCUT2D eigenvalue weighted by Gasteiger charge is -1.75. The quantitative estimate of drug-likeness (QED) is 0.455. The molecule has 0 saturated carbocycles. The Hall–Kier alpha value is 1.65. The van der Waals surface area contributed by atoms with Crippen LogP contribution in [0, 0.1) is 3.56 Å². The van der Waals surface area contributed by atoms with Gasteiger partial charge in [0, 0.05) is 0 Å². The molecule has 0 aromatic heterocycles. The molecule has 5 heavy (non-hydrogen) atoms. The molecule has 0 aromatic carbocycles. The predicted octanol–water partition coefficient (Wildman–Crippen LogP) is 1.90. The molecule has 0 aliphatic heterocycles. The van der Waals surface area contributed by atoms with Crippen molar-refractivity contribution < 1.29 is 0 Å². The minimum Gasteiger partial charge on any atom is -0.264 e. The largest absolute Gasteiger partial charge is 0.264 e. The second-order valence-electron chi connectivity index (χ2n) is 0.275. The Morgan fingerprint density at radius 1 is 1.80 bits per heavy atom. The molecule has 0 amide bonds. The summed E-state index contributed by atoms with van der Waals surface area (Å²) in [5.41, 5.74) is 0. The smallest absolute Gasteiger partial charge is 0.0845 e. The Labute approximate surface area is 53.9 Å². The van der Waals surface area contributed by atoms with Gasteiger partial charge in [0.05, 0.1) is 21.3 Å². The van der Waals surface area contributed by atoms with Crippen molar-refractivity contribution in [2.45, 2.75) is 0 Å². The molecule has 0 spiro atoms. The third-order valence-electron chi connectivity index (χ3n) is 0.0770. The second kappa shape index (κ2) is 5.65. The summed E-state index contributed by atoms with van der Waals surface area (Å²) in [4.78, 5) is 0. The molecule has 0 aromatic rings. The average Bonchev–Trinajstić information content (AvgIpc) is 1.41. The lowest BCUT2D eigenvalue weighted by atomic mass is 14.0. The van der Waals surface area contributed by atoms with Gasteiger partial charge in [-0.15, -0.1) is 0 Å². The van der Waals surface area contributed by atoms with Crippen molar-refractivity contribution in [1.29, 1.82) is 3.56 Å². The molecule has 0 bridgehead atoms. The minimum absolute atomic E-state index is 0.135. The predicted molar refractivity (Wildman–Crippen MR) is 43.6 cm³/mol. The van der Waals surface area contributed by atoms with Crippen LogP contribution in [-0.4, -0.2) is 0 Å². The number of hydrogen-bond acceptors (Lipinski definition) is 1. The van der Waals surface area contributed by atoms with Crippen LogP contribution in [-0.2, 0) is 0 Å². The Kier molecular flexibility index (Phi) is 7.51. The van der Waals surface area contributed by atoms with E-state index < -0.39 is 0 Å². The average molecular weight is 317 g/mol. The zero-order chi connectivity index (χ0) is 4.12. The van der Waals surface area contributed by atoms with E-state index in [0.29, 0.717) is 0 Å². The molecule has 0 aliphatic carbocycles. The van der Waals surface area contributed by atoms with Gasteiger partial charge in [0.15, 0.2) is 0 Å².